The molecule has 0 saturated heterocycles. The molecule has 5 heteroatoms. The molecule has 0 fully saturated rings. The molecule has 4 nitrogen and oxygen atoms in total. The van der Waals surface area contributed by atoms with E-state index < -0.39 is 5.91 Å². The van der Waals surface area contributed by atoms with Gasteiger partial charge in [-0.2, -0.15) is 0 Å². The summed E-state index contributed by atoms with van der Waals surface area (Å²) in [5.41, 5.74) is 6.04. The van der Waals surface area contributed by atoms with E-state index in [9.17, 15) is 4.79 Å². The zero-order valence-corrected chi connectivity index (χ0v) is 15.3. The van der Waals surface area contributed by atoms with Gasteiger partial charge in [0.15, 0.2) is 0 Å². The molecule has 25 heavy (non-hydrogen) atoms. The van der Waals surface area contributed by atoms with E-state index in [1.54, 1.807) is 23.5 Å². The van der Waals surface area contributed by atoms with E-state index in [0.29, 0.717) is 5.56 Å². The molecule has 0 saturated carbocycles. The highest BCUT2D eigenvalue weighted by Gasteiger charge is 2.18. The van der Waals surface area contributed by atoms with Crippen molar-refractivity contribution in [3.63, 3.8) is 0 Å². The summed E-state index contributed by atoms with van der Waals surface area (Å²) in [7, 11) is 0. The second-order valence-electron chi connectivity index (χ2n) is 6.38. The Morgan fingerprint density at radius 2 is 2.00 bits per heavy atom. The molecule has 0 atom stereocenters. The van der Waals surface area contributed by atoms with Crippen LogP contribution in [0.15, 0.2) is 47.4 Å². The third-order valence-electron chi connectivity index (χ3n) is 4.52. The number of fused-ring (bicyclic) bond motifs is 1. The summed E-state index contributed by atoms with van der Waals surface area (Å²) in [5, 5.41) is 8.75. The van der Waals surface area contributed by atoms with Crippen molar-refractivity contribution >= 4 is 17.9 Å². The lowest BCUT2D eigenvalue weighted by Gasteiger charge is -2.28. The third-order valence-corrected chi connectivity index (χ3v) is 5.58. The minimum Gasteiger partial charge on any atom is -0.288 e. The SMILES string of the molecule is CCCCc1ccc(SN2CCc3cc(C(=O)NO)ccc3C2)cc1. The van der Waals surface area contributed by atoms with Gasteiger partial charge in [0, 0.05) is 23.5 Å². The van der Waals surface area contributed by atoms with Crippen LogP contribution in [-0.4, -0.2) is 22.0 Å². The molecule has 3 rings (SSSR count). The van der Waals surface area contributed by atoms with Crippen LogP contribution in [0.2, 0.25) is 0 Å². The molecule has 0 unspecified atom stereocenters. The van der Waals surface area contributed by atoms with Gasteiger partial charge in [-0.3, -0.25) is 10.0 Å². The quantitative estimate of drug-likeness (QED) is 0.462. The number of hydrogen-bond acceptors (Lipinski definition) is 4. The van der Waals surface area contributed by atoms with Gasteiger partial charge in [0.2, 0.25) is 0 Å². The van der Waals surface area contributed by atoms with Gasteiger partial charge in [0.1, 0.15) is 0 Å². The van der Waals surface area contributed by atoms with Crippen molar-refractivity contribution in [3.05, 3.63) is 64.7 Å². The number of unbranched alkanes of at least 4 members (excludes halogenated alkanes) is 1. The second kappa shape index (κ2) is 8.52. The molecule has 0 aliphatic carbocycles. The van der Waals surface area contributed by atoms with Crippen LogP contribution in [0.3, 0.4) is 0 Å². The monoisotopic (exact) mass is 356 g/mol. The number of nitrogens with zero attached hydrogens (tertiary/aromatic N) is 1. The number of nitrogens with one attached hydrogen (secondary N) is 1. The summed E-state index contributed by atoms with van der Waals surface area (Å²) in [6.07, 6.45) is 4.53. The van der Waals surface area contributed by atoms with E-state index in [0.717, 1.165) is 25.9 Å². The molecule has 0 radical (unpaired) electrons. The van der Waals surface area contributed by atoms with E-state index >= 15 is 0 Å². The first-order valence-electron chi connectivity index (χ1n) is 8.77. The smallest absolute Gasteiger partial charge is 0.274 e. The highest BCUT2D eigenvalue weighted by molar-refractivity contribution is 7.97. The summed E-state index contributed by atoms with van der Waals surface area (Å²) < 4.78 is 2.36. The first-order chi connectivity index (χ1) is 12.2. The number of rotatable bonds is 6. The highest BCUT2D eigenvalue weighted by Crippen LogP contribution is 2.30. The molecule has 1 amide bonds. The Morgan fingerprint density at radius 3 is 2.72 bits per heavy atom. The lowest BCUT2D eigenvalue weighted by atomic mass is 9.98. The summed E-state index contributed by atoms with van der Waals surface area (Å²) in [4.78, 5) is 12.8. The van der Waals surface area contributed by atoms with E-state index in [2.05, 4.69) is 35.5 Å². The minimum absolute atomic E-state index is 0.456. The lowest BCUT2D eigenvalue weighted by molar-refractivity contribution is 0.0706. The van der Waals surface area contributed by atoms with Crippen molar-refractivity contribution in [2.24, 2.45) is 0 Å². The number of hydrogen-bond donors (Lipinski definition) is 2. The average molecular weight is 356 g/mol. The van der Waals surface area contributed by atoms with E-state index in [1.165, 1.54) is 34.4 Å². The molecule has 1 aliphatic rings. The Hall–Kier alpha value is -1.82. The zero-order valence-electron chi connectivity index (χ0n) is 14.5. The van der Waals surface area contributed by atoms with Crippen molar-refractivity contribution in [2.45, 2.75) is 44.0 Å². The zero-order chi connectivity index (χ0) is 17.6. The number of carbonyl (C=O) groups excluding carboxylic acids is 1. The van der Waals surface area contributed by atoms with Crippen LogP contribution >= 0.6 is 11.9 Å². The first kappa shape index (κ1) is 18.0. The number of benzene rings is 2. The van der Waals surface area contributed by atoms with Crippen LogP contribution in [0.4, 0.5) is 0 Å². The summed E-state index contributed by atoms with van der Waals surface area (Å²) in [6.45, 7) is 4.02. The maximum atomic E-state index is 11.5. The Labute approximate surface area is 153 Å². The molecule has 2 N–H and O–H groups in total. The van der Waals surface area contributed by atoms with Crippen molar-refractivity contribution in [1.82, 2.24) is 9.79 Å². The van der Waals surface area contributed by atoms with Crippen LogP contribution in [0.1, 0.15) is 46.8 Å². The van der Waals surface area contributed by atoms with Gasteiger partial charge in [-0.25, -0.2) is 9.79 Å². The predicted molar refractivity (Wildman–Crippen MR) is 101 cm³/mol. The molecule has 2 aromatic rings. The summed E-state index contributed by atoms with van der Waals surface area (Å²) >= 11 is 1.79. The summed E-state index contributed by atoms with van der Waals surface area (Å²) in [6, 6.07) is 14.5. The maximum Gasteiger partial charge on any atom is 0.274 e. The first-order valence-corrected chi connectivity index (χ1v) is 9.55. The Kier molecular flexibility index (Phi) is 6.13. The highest BCUT2D eigenvalue weighted by atomic mass is 32.2. The van der Waals surface area contributed by atoms with Crippen LogP contribution in [-0.2, 0) is 19.4 Å². The topological polar surface area (TPSA) is 52.6 Å². The van der Waals surface area contributed by atoms with Gasteiger partial charge in [-0.15, -0.1) is 0 Å². The Bertz CT molecular complexity index is 731. The fraction of sp³-hybridized carbons (Fsp3) is 0.350. The van der Waals surface area contributed by atoms with E-state index in [4.69, 9.17) is 5.21 Å². The van der Waals surface area contributed by atoms with Crippen molar-refractivity contribution < 1.29 is 10.0 Å². The van der Waals surface area contributed by atoms with Crippen LogP contribution < -0.4 is 5.48 Å². The number of aryl methyl sites for hydroxylation is 1. The third kappa shape index (κ3) is 4.63. The van der Waals surface area contributed by atoms with Gasteiger partial charge >= 0.3 is 0 Å². The van der Waals surface area contributed by atoms with Gasteiger partial charge in [-0.05, 0) is 72.2 Å². The largest absolute Gasteiger partial charge is 0.288 e. The molecular weight excluding hydrogens is 332 g/mol. The normalized spacial score (nSPS) is 14.2. The minimum atomic E-state index is -0.456. The predicted octanol–water partition coefficient (Wildman–Crippen LogP) is 4.21. The lowest BCUT2D eigenvalue weighted by Crippen LogP contribution is -2.25. The van der Waals surface area contributed by atoms with Crippen molar-refractivity contribution in [3.8, 4) is 0 Å². The summed E-state index contributed by atoms with van der Waals surface area (Å²) in [5.74, 6) is -0.456. The molecule has 132 valence electrons. The standard InChI is InChI=1S/C20H24N2O2S/c1-2-3-4-15-5-9-19(10-6-15)25-22-12-11-16-13-17(20(23)21-24)7-8-18(16)14-22/h5-10,13,24H,2-4,11-12,14H2,1H3,(H,21,23). The van der Waals surface area contributed by atoms with Crippen molar-refractivity contribution in [1.29, 1.82) is 0 Å². The molecule has 0 spiro atoms. The van der Waals surface area contributed by atoms with Gasteiger partial charge in [0.25, 0.3) is 5.91 Å². The molecule has 0 bridgehead atoms. The van der Waals surface area contributed by atoms with E-state index in [-0.39, 0.29) is 0 Å². The molecular formula is C20H24N2O2S. The Morgan fingerprint density at radius 1 is 1.20 bits per heavy atom. The number of amides is 1. The number of hydroxylamine groups is 1. The Balaban J connectivity index is 1.62. The van der Waals surface area contributed by atoms with Crippen LogP contribution in [0.5, 0.6) is 0 Å². The van der Waals surface area contributed by atoms with Crippen LogP contribution in [0.25, 0.3) is 0 Å². The van der Waals surface area contributed by atoms with Gasteiger partial charge in [0.05, 0.1) is 0 Å². The van der Waals surface area contributed by atoms with Crippen molar-refractivity contribution in [2.75, 3.05) is 6.54 Å². The molecule has 2 aromatic carbocycles. The maximum absolute atomic E-state index is 11.5. The molecule has 1 aliphatic heterocycles. The fourth-order valence-electron chi connectivity index (χ4n) is 3.06. The molecule has 1 heterocycles. The molecule has 0 aromatic heterocycles. The van der Waals surface area contributed by atoms with Gasteiger partial charge < -0.3 is 0 Å². The van der Waals surface area contributed by atoms with Gasteiger partial charge in [-0.1, -0.05) is 31.5 Å². The average Bonchev–Trinajstić information content (AvgIpc) is 2.66. The van der Waals surface area contributed by atoms with Crippen LogP contribution in [0, 0.1) is 0 Å². The fourth-order valence-corrected chi connectivity index (χ4v) is 4.00. The second-order valence-corrected chi connectivity index (χ2v) is 7.55. The van der Waals surface area contributed by atoms with E-state index in [1.807, 2.05) is 12.1 Å². The number of carbonyl (C=O) groups is 1.